The Morgan fingerprint density at radius 3 is 2.19 bits per heavy atom. The van der Waals surface area contributed by atoms with Gasteiger partial charge in [0.1, 0.15) is 6.54 Å². The molecule has 138 valence electrons. The lowest BCUT2D eigenvalue weighted by Crippen LogP contribution is -3.16. The van der Waals surface area contributed by atoms with Crippen molar-refractivity contribution in [1.82, 2.24) is 0 Å². The third-order valence-corrected chi connectivity index (χ3v) is 5.47. The number of quaternary nitrogens is 1. The van der Waals surface area contributed by atoms with E-state index in [1.54, 1.807) is 4.90 Å². The number of ether oxygens (including phenoxy) is 1. The molecule has 2 bridgehead atoms. The maximum absolute atomic E-state index is 13.0. The van der Waals surface area contributed by atoms with Gasteiger partial charge in [-0.1, -0.05) is 48.5 Å². The first-order valence-corrected chi connectivity index (χ1v) is 9.20. The zero-order valence-electron chi connectivity index (χ0n) is 14.7. The lowest BCUT2D eigenvalue weighted by atomic mass is 9.86. The second kappa shape index (κ2) is 8.69. The molecule has 0 aromatic heterocycles. The first-order chi connectivity index (χ1) is 12.3. The van der Waals surface area contributed by atoms with Crippen LogP contribution >= 0.6 is 0 Å². The van der Waals surface area contributed by atoms with Gasteiger partial charge in [-0.05, 0) is 17.7 Å². The maximum Gasteiger partial charge on any atom is 0.333 e. The first-order valence-electron chi connectivity index (χ1n) is 9.20. The Kier molecular flexibility index (Phi) is 6.33. The molecule has 2 atom stereocenters. The average molecular weight is 417 g/mol. The number of benzene rings is 2. The topological polar surface area (TPSA) is 42.8 Å². The Morgan fingerprint density at radius 2 is 1.62 bits per heavy atom. The van der Waals surface area contributed by atoms with Gasteiger partial charge in [-0.2, -0.15) is 0 Å². The second-order valence-corrected chi connectivity index (χ2v) is 7.12. The van der Waals surface area contributed by atoms with Crippen LogP contribution in [0.4, 0.5) is 5.69 Å². The molecule has 0 aliphatic carbocycles. The van der Waals surface area contributed by atoms with Crippen molar-refractivity contribution < 1.29 is 31.4 Å². The largest absolute Gasteiger partial charge is 1.00 e. The molecule has 3 fully saturated rings. The standard InChI is InChI=1S/C21H24N2O2.BrH/c24-21(25-19-15-23-13-11-16(19)12-14-23)20(17-7-3-1-4-8-17)22-18-9-5-2-6-10-18;/h1-10,16,19-20,22H,11-15H2;1H/t19?,20-;/m1./s1. The minimum Gasteiger partial charge on any atom is -1.00 e. The zero-order valence-corrected chi connectivity index (χ0v) is 16.3. The minimum absolute atomic E-state index is 0. The molecular formula is C21H25BrN2O2. The van der Waals surface area contributed by atoms with Crippen molar-refractivity contribution >= 4 is 11.7 Å². The number of hydrogen-bond acceptors (Lipinski definition) is 3. The molecule has 2 N–H and O–H groups in total. The maximum atomic E-state index is 13.0. The van der Waals surface area contributed by atoms with Crippen LogP contribution in [0.25, 0.3) is 0 Å². The van der Waals surface area contributed by atoms with Gasteiger partial charge in [-0.25, -0.2) is 4.79 Å². The molecular weight excluding hydrogens is 392 g/mol. The fraction of sp³-hybridized carbons (Fsp3) is 0.381. The van der Waals surface area contributed by atoms with Crippen molar-refractivity contribution in [3.63, 3.8) is 0 Å². The minimum atomic E-state index is -0.478. The number of hydrogen-bond donors (Lipinski definition) is 2. The summed E-state index contributed by atoms with van der Waals surface area (Å²) in [5.74, 6) is 0.364. The predicted octanol–water partition coefficient (Wildman–Crippen LogP) is -0.936. The van der Waals surface area contributed by atoms with Crippen LogP contribution in [0, 0.1) is 5.92 Å². The third kappa shape index (κ3) is 4.27. The summed E-state index contributed by atoms with van der Waals surface area (Å²) in [6, 6.07) is 19.2. The van der Waals surface area contributed by atoms with Gasteiger partial charge in [0.05, 0.1) is 13.1 Å². The van der Waals surface area contributed by atoms with Crippen molar-refractivity contribution in [2.45, 2.75) is 25.0 Å². The summed E-state index contributed by atoms with van der Waals surface area (Å²) < 4.78 is 5.99. The van der Waals surface area contributed by atoms with Gasteiger partial charge in [0.15, 0.2) is 12.1 Å². The van der Waals surface area contributed by atoms with E-state index >= 15 is 0 Å². The molecule has 5 rings (SSSR count). The van der Waals surface area contributed by atoms with Gasteiger partial charge in [0, 0.05) is 24.4 Å². The summed E-state index contributed by atoms with van der Waals surface area (Å²) in [4.78, 5) is 14.6. The molecule has 1 unspecified atom stereocenters. The van der Waals surface area contributed by atoms with E-state index in [0.717, 1.165) is 17.8 Å². The molecule has 26 heavy (non-hydrogen) atoms. The van der Waals surface area contributed by atoms with Crippen LogP contribution in [-0.4, -0.2) is 31.7 Å². The third-order valence-electron chi connectivity index (χ3n) is 5.47. The summed E-state index contributed by atoms with van der Waals surface area (Å²) in [6.07, 6.45) is 2.42. The van der Waals surface area contributed by atoms with Crippen LogP contribution in [0.3, 0.4) is 0 Å². The molecule has 3 aliphatic heterocycles. The van der Waals surface area contributed by atoms with E-state index in [2.05, 4.69) is 5.32 Å². The van der Waals surface area contributed by atoms with E-state index in [4.69, 9.17) is 4.74 Å². The molecule has 0 spiro atoms. The number of fused-ring (bicyclic) bond motifs is 3. The Labute approximate surface area is 165 Å². The van der Waals surface area contributed by atoms with Crippen LogP contribution in [0.1, 0.15) is 24.4 Å². The van der Waals surface area contributed by atoms with Crippen molar-refractivity contribution in [3.05, 3.63) is 66.2 Å². The van der Waals surface area contributed by atoms with Crippen LogP contribution in [0.15, 0.2) is 60.7 Å². The van der Waals surface area contributed by atoms with Gasteiger partial charge in [-0.15, -0.1) is 0 Å². The van der Waals surface area contributed by atoms with Crippen LogP contribution in [0.2, 0.25) is 0 Å². The molecule has 0 radical (unpaired) electrons. The van der Waals surface area contributed by atoms with Gasteiger partial charge >= 0.3 is 5.97 Å². The Hall–Kier alpha value is -1.85. The smallest absolute Gasteiger partial charge is 0.333 e. The fourth-order valence-corrected chi connectivity index (χ4v) is 4.06. The van der Waals surface area contributed by atoms with E-state index in [-0.39, 0.29) is 29.1 Å². The van der Waals surface area contributed by atoms with Crippen molar-refractivity contribution in [1.29, 1.82) is 0 Å². The summed E-state index contributed by atoms with van der Waals surface area (Å²) in [5, 5.41) is 3.35. The number of rotatable bonds is 5. The molecule has 3 aliphatic rings. The Morgan fingerprint density at radius 1 is 1.00 bits per heavy atom. The highest BCUT2D eigenvalue weighted by Gasteiger charge is 2.40. The molecule has 3 heterocycles. The Bertz CT molecular complexity index is 702. The molecule has 2 aromatic carbocycles. The number of carbonyl (C=O) groups is 1. The molecule has 4 nitrogen and oxygen atoms in total. The van der Waals surface area contributed by atoms with Gasteiger partial charge in [0.25, 0.3) is 0 Å². The Balaban J connectivity index is 0.00000196. The van der Waals surface area contributed by atoms with Gasteiger partial charge in [-0.3, -0.25) is 0 Å². The predicted molar refractivity (Wildman–Crippen MR) is 97.4 cm³/mol. The highest BCUT2D eigenvalue weighted by Crippen LogP contribution is 2.25. The van der Waals surface area contributed by atoms with E-state index in [1.807, 2.05) is 60.7 Å². The van der Waals surface area contributed by atoms with Crippen LogP contribution < -0.4 is 27.2 Å². The van der Waals surface area contributed by atoms with Crippen LogP contribution in [-0.2, 0) is 9.53 Å². The summed E-state index contributed by atoms with van der Waals surface area (Å²) in [5.41, 5.74) is 1.86. The fourth-order valence-electron chi connectivity index (χ4n) is 4.06. The van der Waals surface area contributed by atoms with Gasteiger partial charge in [0.2, 0.25) is 0 Å². The zero-order chi connectivity index (χ0) is 17.1. The number of para-hydroxylation sites is 1. The summed E-state index contributed by atoms with van der Waals surface area (Å²) in [7, 11) is 0. The highest BCUT2D eigenvalue weighted by molar-refractivity contribution is 5.81. The number of nitrogens with one attached hydrogen (secondary N) is 2. The SMILES string of the molecule is O=C(OC1C[NH+]2CCC1CC2)[C@H](Nc1ccccc1)c1ccccc1.[Br-]. The van der Waals surface area contributed by atoms with Crippen molar-refractivity contribution in [3.8, 4) is 0 Å². The normalized spacial score (nSPS) is 25.0. The number of piperidine rings is 3. The quantitative estimate of drug-likeness (QED) is 0.618. The number of halogens is 1. The van der Waals surface area contributed by atoms with Gasteiger partial charge < -0.3 is 31.9 Å². The molecule has 2 aromatic rings. The van der Waals surface area contributed by atoms with Crippen molar-refractivity contribution in [2.75, 3.05) is 25.0 Å². The summed E-state index contributed by atoms with van der Waals surface area (Å²) >= 11 is 0. The number of carbonyl (C=O) groups excluding carboxylic acids is 1. The second-order valence-electron chi connectivity index (χ2n) is 7.12. The number of anilines is 1. The van der Waals surface area contributed by atoms with Crippen molar-refractivity contribution in [2.24, 2.45) is 5.92 Å². The molecule has 5 heteroatoms. The highest BCUT2D eigenvalue weighted by atomic mass is 79.9. The average Bonchev–Trinajstić information content (AvgIpc) is 2.68. The lowest BCUT2D eigenvalue weighted by molar-refractivity contribution is -0.920. The first kappa shape index (κ1) is 18.9. The number of esters is 1. The van der Waals surface area contributed by atoms with E-state index in [1.165, 1.54) is 25.9 Å². The van der Waals surface area contributed by atoms with E-state index in [9.17, 15) is 4.79 Å². The van der Waals surface area contributed by atoms with E-state index < -0.39 is 6.04 Å². The summed E-state index contributed by atoms with van der Waals surface area (Å²) in [6.45, 7) is 3.41. The molecule has 0 saturated carbocycles. The molecule has 3 saturated heterocycles. The lowest BCUT2D eigenvalue weighted by Gasteiger charge is -2.41. The monoisotopic (exact) mass is 416 g/mol. The van der Waals surface area contributed by atoms with E-state index in [0.29, 0.717) is 5.92 Å². The molecule has 0 amide bonds. The van der Waals surface area contributed by atoms with Crippen LogP contribution in [0.5, 0.6) is 0 Å².